The monoisotopic (exact) mass is 447 g/mol. The van der Waals surface area contributed by atoms with Crippen molar-refractivity contribution in [1.29, 1.82) is 0 Å². The maximum Gasteiger partial charge on any atom is 0.253 e. The van der Waals surface area contributed by atoms with Crippen LogP contribution in [0.2, 0.25) is 0 Å². The molecule has 1 saturated heterocycles. The predicted molar refractivity (Wildman–Crippen MR) is 130 cm³/mol. The number of benzene rings is 2. The zero-order valence-corrected chi connectivity index (χ0v) is 19.3. The average molecular weight is 448 g/mol. The van der Waals surface area contributed by atoms with E-state index >= 15 is 0 Å². The Morgan fingerprint density at radius 3 is 2.45 bits per heavy atom. The van der Waals surface area contributed by atoms with Crippen molar-refractivity contribution in [3.63, 3.8) is 0 Å². The molecular weight excluding hydrogens is 414 g/mol. The van der Waals surface area contributed by atoms with Crippen LogP contribution in [-0.2, 0) is 11.3 Å². The number of allylic oxidation sites excluding steroid dienone is 1. The fraction of sp³-hybridized carbons (Fsp3) is 0.407. The van der Waals surface area contributed by atoms with Gasteiger partial charge in [-0.2, -0.15) is 0 Å². The van der Waals surface area contributed by atoms with Gasteiger partial charge >= 0.3 is 0 Å². The van der Waals surface area contributed by atoms with Crippen LogP contribution in [0.1, 0.15) is 48.5 Å². The summed E-state index contributed by atoms with van der Waals surface area (Å²) < 4.78 is 6.01. The van der Waals surface area contributed by atoms with Crippen LogP contribution in [0.3, 0.4) is 0 Å². The molecule has 2 aromatic rings. The maximum atomic E-state index is 13.1. The summed E-state index contributed by atoms with van der Waals surface area (Å²) in [6, 6.07) is 15.5. The SMILES string of the molecule is CC(=O)Nc1ccc(CN2CCCN(C(=O)c3ccc(OC4C=CCCC4)cc3)CC2)cc1. The minimum atomic E-state index is -0.0661. The number of hydrogen-bond donors (Lipinski definition) is 1. The van der Waals surface area contributed by atoms with Crippen molar-refractivity contribution in [2.45, 2.75) is 45.3 Å². The lowest BCUT2D eigenvalue weighted by Crippen LogP contribution is -2.35. The highest BCUT2D eigenvalue weighted by atomic mass is 16.5. The minimum absolute atomic E-state index is 0.0661. The maximum absolute atomic E-state index is 13.1. The molecule has 2 amide bonds. The van der Waals surface area contributed by atoms with E-state index in [0.717, 1.165) is 63.3 Å². The highest BCUT2D eigenvalue weighted by molar-refractivity contribution is 5.94. The molecule has 1 heterocycles. The Morgan fingerprint density at radius 1 is 0.970 bits per heavy atom. The average Bonchev–Trinajstić information content (AvgIpc) is 3.06. The van der Waals surface area contributed by atoms with Crippen molar-refractivity contribution >= 4 is 17.5 Å². The third-order valence-electron chi connectivity index (χ3n) is 6.16. The van der Waals surface area contributed by atoms with Gasteiger partial charge in [0.2, 0.25) is 5.91 Å². The first-order valence-electron chi connectivity index (χ1n) is 11.9. The van der Waals surface area contributed by atoms with Crippen molar-refractivity contribution in [2.75, 3.05) is 31.5 Å². The number of nitrogens with one attached hydrogen (secondary N) is 1. The third-order valence-corrected chi connectivity index (χ3v) is 6.16. The standard InChI is InChI=1S/C27H33N3O3/c1-21(31)28-24-12-8-22(9-13-24)20-29-16-5-17-30(19-18-29)27(32)23-10-14-26(15-11-23)33-25-6-3-2-4-7-25/h3,6,8-15,25H,2,4-5,7,16-20H2,1H3,(H,28,31). The molecule has 33 heavy (non-hydrogen) atoms. The smallest absolute Gasteiger partial charge is 0.253 e. The minimum Gasteiger partial charge on any atom is -0.486 e. The van der Waals surface area contributed by atoms with Gasteiger partial charge in [0.05, 0.1) is 0 Å². The number of amides is 2. The predicted octanol–water partition coefficient (Wildman–Crippen LogP) is 4.48. The topological polar surface area (TPSA) is 61.9 Å². The van der Waals surface area contributed by atoms with E-state index in [4.69, 9.17) is 4.74 Å². The van der Waals surface area contributed by atoms with Crippen molar-refractivity contribution in [2.24, 2.45) is 0 Å². The summed E-state index contributed by atoms with van der Waals surface area (Å²) in [7, 11) is 0. The summed E-state index contributed by atoms with van der Waals surface area (Å²) in [6.07, 6.45) is 8.72. The molecule has 1 aliphatic carbocycles. The van der Waals surface area contributed by atoms with Gasteiger partial charge < -0.3 is 15.0 Å². The van der Waals surface area contributed by atoms with E-state index in [-0.39, 0.29) is 17.9 Å². The second-order valence-corrected chi connectivity index (χ2v) is 8.84. The van der Waals surface area contributed by atoms with E-state index in [1.165, 1.54) is 12.5 Å². The highest BCUT2D eigenvalue weighted by Gasteiger charge is 2.21. The Hall–Kier alpha value is -3.12. The molecule has 2 aromatic carbocycles. The summed E-state index contributed by atoms with van der Waals surface area (Å²) in [6.45, 7) is 5.63. The van der Waals surface area contributed by atoms with Gasteiger partial charge in [-0.1, -0.05) is 18.2 Å². The molecule has 2 aliphatic rings. The summed E-state index contributed by atoms with van der Waals surface area (Å²) in [5.41, 5.74) is 2.72. The number of anilines is 1. The molecule has 0 spiro atoms. The lowest BCUT2D eigenvalue weighted by Gasteiger charge is -2.22. The number of ether oxygens (including phenoxy) is 1. The van der Waals surface area contributed by atoms with Crippen molar-refractivity contribution in [3.8, 4) is 5.75 Å². The summed E-state index contributed by atoms with van der Waals surface area (Å²) in [5, 5.41) is 2.80. The number of hydrogen-bond acceptors (Lipinski definition) is 4. The molecule has 1 aliphatic heterocycles. The van der Waals surface area contributed by atoms with Gasteiger partial charge in [-0.3, -0.25) is 14.5 Å². The van der Waals surface area contributed by atoms with E-state index < -0.39 is 0 Å². The zero-order chi connectivity index (χ0) is 23.0. The van der Waals surface area contributed by atoms with E-state index in [0.29, 0.717) is 12.1 Å². The number of rotatable bonds is 6. The molecule has 0 radical (unpaired) electrons. The summed E-state index contributed by atoms with van der Waals surface area (Å²) in [5.74, 6) is 0.832. The first-order chi connectivity index (χ1) is 16.1. The van der Waals surface area contributed by atoms with Crippen molar-refractivity contribution in [1.82, 2.24) is 9.80 Å². The molecule has 1 fully saturated rings. The Kier molecular flexibility index (Phi) is 7.79. The van der Waals surface area contributed by atoms with Gasteiger partial charge in [0.25, 0.3) is 5.91 Å². The van der Waals surface area contributed by atoms with Crippen LogP contribution in [0.4, 0.5) is 5.69 Å². The summed E-state index contributed by atoms with van der Waals surface area (Å²) in [4.78, 5) is 28.6. The fourth-order valence-corrected chi connectivity index (χ4v) is 4.40. The number of carbonyl (C=O) groups excluding carboxylic acids is 2. The molecule has 0 bridgehead atoms. The van der Waals surface area contributed by atoms with Gasteiger partial charge in [-0.25, -0.2) is 0 Å². The molecule has 4 rings (SSSR count). The van der Waals surface area contributed by atoms with Gasteiger partial charge in [0.15, 0.2) is 0 Å². The Labute approximate surface area is 196 Å². The van der Waals surface area contributed by atoms with Crippen LogP contribution in [0.25, 0.3) is 0 Å². The lowest BCUT2D eigenvalue weighted by molar-refractivity contribution is -0.114. The number of carbonyl (C=O) groups is 2. The van der Waals surface area contributed by atoms with Gasteiger partial charge in [0, 0.05) is 50.9 Å². The number of nitrogens with zero attached hydrogens (tertiary/aromatic N) is 2. The van der Waals surface area contributed by atoms with Crippen LogP contribution in [0, 0.1) is 0 Å². The second kappa shape index (κ2) is 11.1. The molecule has 1 atom stereocenters. The van der Waals surface area contributed by atoms with Gasteiger partial charge in [0.1, 0.15) is 11.9 Å². The van der Waals surface area contributed by atoms with Crippen LogP contribution in [0.15, 0.2) is 60.7 Å². The van der Waals surface area contributed by atoms with Crippen LogP contribution in [-0.4, -0.2) is 53.9 Å². The molecule has 1 N–H and O–H groups in total. The summed E-state index contributed by atoms with van der Waals surface area (Å²) >= 11 is 0. The normalized spacial score (nSPS) is 19.1. The molecule has 0 saturated carbocycles. The van der Waals surface area contributed by atoms with Gasteiger partial charge in [-0.05, 0) is 73.7 Å². The molecule has 1 unspecified atom stereocenters. The second-order valence-electron chi connectivity index (χ2n) is 8.84. The van der Waals surface area contributed by atoms with E-state index in [9.17, 15) is 9.59 Å². The Balaban J connectivity index is 1.28. The molecule has 174 valence electrons. The highest BCUT2D eigenvalue weighted by Crippen LogP contribution is 2.21. The third kappa shape index (κ3) is 6.68. The van der Waals surface area contributed by atoms with Crippen LogP contribution in [0.5, 0.6) is 5.75 Å². The Bertz CT molecular complexity index is 969. The van der Waals surface area contributed by atoms with E-state index in [1.807, 2.05) is 53.4 Å². The van der Waals surface area contributed by atoms with Gasteiger partial charge in [-0.15, -0.1) is 0 Å². The first kappa shape index (κ1) is 23.1. The quantitative estimate of drug-likeness (QED) is 0.664. The largest absolute Gasteiger partial charge is 0.486 e. The Morgan fingerprint density at radius 2 is 1.76 bits per heavy atom. The van der Waals surface area contributed by atoms with E-state index in [2.05, 4.69) is 22.4 Å². The molecule has 6 heteroatoms. The van der Waals surface area contributed by atoms with E-state index in [1.54, 1.807) is 0 Å². The molecule has 6 nitrogen and oxygen atoms in total. The first-order valence-corrected chi connectivity index (χ1v) is 11.9. The fourth-order valence-electron chi connectivity index (χ4n) is 4.40. The van der Waals surface area contributed by atoms with Crippen molar-refractivity contribution < 1.29 is 14.3 Å². The van der Waals surface area contributed by atoms with Crippen molar-refractivity contribution in [3.05, 3.63) is 71.8 Å². The van der Waals surface area contributed by atoms with Crippen LogP contribution >= 0.6 is 0 Å². The molecular formula is C27H33N3O3. The molecule has 0 aromatic heterocycles. The zero-order valence-electron chi connectivity index (χ0n) is 19.3. The van der Waals surface area contributed by atoms with Crippen LogP contribution < -0.4 is 10.1 Å². The lowest BCUT2D eigenvalue weighted by atomic mass is 10.1.